The molecule has 0 bridgehead atoms. The molecule has 0 spiro atoms. The van der Waals surface area contributed by atoms with Crippen LogP contribution in [-0.4, -0.2) is 10.7 Å². The topological polar surface area (TPSA) is 60.2 Å². The van der Waals surface area contributed by atoms with Gasteiger partial charge in [0.05, 0.1) is 4.92 Å². The fraction of sp³-hybridized carbons (Fsp3) is 0.174. The molecule has 0 aliphatic heterocycles. The predicted octanol–water partition coefficient (Wildman–Crippen LogP) is 5.64. The zero-order valence-corrected chi connectivity index (χ0v) is 15.2. The number of aryl methyl sites for hydroxylation is 2. The van der Waals surface area contributed by atoms with E-state index in [2.05, 4.69) is 0 Å². The quantitative estimate of drug-likeness (QED) is 0.311. The first-order chi connectivity index (χ1) is 13.1. The second-order valence-electron chi connectivity index (χ2n) is 6.44. The fourth-order valence-corrected chi connectivity index (χ4v) is 3.14. The number of rotatable bonds is 7. The Morgan fingerprint density at radius 2 is 1.63 bits per heavy atom. The minimum absolute atomic E-state index is 0.0862. The number of nitro benzene ring substituents is 1. The molecule has 0 heterocycles. The SMILES string of the molecule is CCC(=O)c1cccc(-c2ccc([N+](=O)[O-])c(CCc3ccccc3)c2)c1. The van der Waals surface area contributed by atoms with E-state index in [1.165, 1.54) is 0 Å². The summed E-state index contributed by atoms with van der Waals surface area (Å²) in [7, 11) is 0. The van der Waals surface area contributed by atoms with Gasteiger partial charge in [0.1, 0.15) is 0 Å². The first-order valence-corrected chi connectivity index (χ1v) is 9.03. The lowest BCUT2D eigenvalue weighted by Crippen LogP contribution is -1.99. The first kappa shape index (κ1) is 18.5. The maximum atomic E-state index is 12.0. The Bertz CT molecular complexity index is 964. The van der Waals surface area contributed by atoms with Crippen molar-refractivity contribution in [2.45, 2.75) is 26.2 Å². The van der Waals surface area contributed by atoms with Crippen LogP contribution in [0.1, 0.15) is 34.8 Å². The van der Waals surface area contributed by atoms with Crippen LogP contribution in [0, 0.1) is 10.1 Å². The highest BCUT2D eigenvalue weighted by Gasteiger charge is 2.15. The standard InChI is InChI=1S/C23H21NO3/c1-2-23(25)21-10-6-9-18(16-21)19-13-14-22(24(26)27)20(15-19)12-11-17-7-4-3-5-8-17/h3-10,13-16H,2,11-12H2,1H3. The van der Waals surface area contributed by atoms with Crippen LogP contribution >= 0.6 is 0 Å². The Labute approximate surface area is 158 Å². The highest BCUT2D eigenvalue weighted by Crippen LogP contribution is 2.28. The van der Waals surface area contributed by atoms with Crippen LogP contribution < -0.4 is 0 Å². The molecule has 0 N–H and O–H groups in total. The molecule has 0 aliphatic carbocycles. The molecule has 0 saturated heterocycles. The van der Waals surface area contributed by atoms with Crippen molar-refractivity contribution in [1.29, 1.82) is 0 Å². The Balaban J connectivity index is 1.93. The first-order valence-electron chi connectivity index (χ1n) is 9.03. The Hall–Kier alpha value is -3.27. The molecule has 0 saturated carbocycles. The Kier molecular flexibility index (Phi) is 5.77. The highest BCUT2D eigenvalue weighted by atomic mass is 16.6. The second kappa shape index (κ2) is 8.41. The third-order valence-corrected chi connectivity index (χ3v) is 4.64. The zero-order chi connectivity index (χ0) is 19.2. The van der Waals surface area contributed by atoms with Crippen molar-refractivity contribution in [3.05, 3.63) is 99.6 Å². The average molecular weight is 359 g/mol. The second-order valence-corrected chi connectivity index (χ2v) is 6.44. The normalized spacial score (nSPS) is 10.6. The van der Waals surface area contributed by atoms with Crippen molar-refractivity contribution >= 4 is 11.5 Å². The van der Waals surface area contributed by atoms with Gasteiger partial charge >= 0.3 is 0 Å². The van der Waals surface area contributed by atoms with E-state index in [1.54, 1.807) is 18.2 Å². The van der Waals surface area contributed by atoms with E-state index in [0.717, 1.165) is 23.1 Å². The third-order valence-electron chi connectivity index (χ3n) is 4.64. The molecule has 3 aromatic rings. The summed E-state index contributed by atoms with van der Waals surface area (Å²) in [6.07, 6.45) is 1.77. The van der Waals surface area contributed by atoms with Crippen LogP contribution in [0.2, 0.25) is 0 Å². The number of Topliss-reactive ketones (excluding diaryl/α,β-unsaturated/α-hetero) is 1. The lowest BCUT2D eigenvalue weighted by Gasteiger charge is -2.09. The summed E-state index contributed by atoms with van der Waals surface area (Å²) in [4.78, 5) is 23.1. The number of carbonyl (C=O) groups excluding carboxylic acids is 1. The van der Waals surface area contributed by atoms with E-state index in [4.69, 9.17) is 0 Å². The minimum Gasteiger partial charge on any atom is -0.294 e. The Morgan fingerprint density at radius 1 is 0.889 bits per heavy atom. The van der Waals surface area contributed by atoms with E-state index in [-0.39, 0.29) is 16.4 Å². The number of benzene rings is 3. The van der Waals surface area contributed by atoms with Gasteiger partial charge in [0.2, 0.25) is 0 Å². The fourth-order valence-electron chi connectivity index (χ4n) is 3.14. The maximum Gasteiger partial charge on any atom is 0.272 e. The highest BCUT2D eigenvalue weighted by molar-refractivity contribution is 5.97. The maximum absolute atomic E-state index is 12.0. The number of nitro groups is 1. The van der Waals surface area contributed by atoms with Crippen LogP contribution in [0.15, 0.2) is 72.8 Å². The molecule has 0 radical (unpaired) electrons. The van der Waals surface area contributed by atoms with E-state index < -0.39 is 0 Å². The number of hydrogen-bond acceptors (Lipinski definition) is 3. The number of ketones is 1. The van der Waals surface area contributed by atoms with Gasteiger partial charge in [0, 0.05) is 23.6 Å². The van der Waals surface area contributed by atoms with Crippen molar-refractivity contribution in [1.82, 2.24) is 0 Å². The zero-order valence-electron chi connectivity index (χ0n) is 15.2. The van der Waals surface area contributed by atoms with Crippen LogP contribution in [0.3, 0.4) is 0 Å². The molecule has 0 fully saturated rings. The molecule has 3 rings (SSSR count). The number of carbonyl (C=O) groups is 1. The number of hydrogen-bond donors (Lipinski definition) is 0. The van der Waals surface area contributed by atoms with Gasteiger partial charge in [-0.1, -0.05) is 55.5 Å². The van der Waals surface area contributed by atoms with Crippen molar-refractivity contribution in [2.24, 2.45) is 0 Å². The molecule has 0 atom stereocenters. The van der Waals surface area contributed by atoms with Gasteiger partial charge in [-0.05, 0) is 47.7 Å². The summed E-state index contributed by atoms with van der Waals surface area (Å²) in [5.74, 6) is 0.0862. The van der Waals surface area contributed by atoms with Crippen LogP contribution in [0.25, 0.3) is 11.1 Å². The smallest absolute Gasteiger partial charge is 0.272 e. The van der Waals surface area contributed by atoms with Crippen molar-refractivity contribution in [3.8, 4) is 11.1 Å². The summed E-state index contributed by atoms with van der Waals surface area (Å²) in [5.41, 5.74) is 4.43. The third kappa shape index (κ3) is 4.47. The van der Waals surface area contributed by atoms with Crippen molar-refractivity contribution < 1.29 is 9.72 Å². The van der Waals surface area contributed by atoms with Crippen molar-refractivity contribution in [3.63, 3.8) is 0 Å². The largest absolute Gasteiger partial charge is 0.294 e. The van der Waals surface area contributed by atoms with E-state index in [9.17, 15) is 14.9 Å². The van der Waals surface area contributed by atoms with E-state index >= 15 is 0 Å². The summed E-state index contributed by atoms with van der Waals surface area (Å²) in [6, 6.07) is 22.6. The molecule has 27 heavy (non-hydrogen) atoms. The molecule has 0 aliphatic rings. The summed E-state index contributed by atoms with van der Waals surface area (Å²) < 4.78 is 0. The molecule has 0 aromatic heterocycles. The van der Waals surface area contributed by atoms with E-state index in [0.29, 0.717) is 24.0 Å². The van der Waals surface area contributed by atoms with Gasteiger partial charge in [-0.15, -0.1) is 0 Å². The van der Waals surface area contributed by atoms with Crippen LogP contribution in [-0.2, 0) is 12.8 Å². The lowest BCUT2D eigenvalue weighted by atomic mass is 9.96. The molecule has 4 heteroatoms. The summed E-state index contributed by atoms with van der Waals surface area (Å²) in [5, 5.41) is 11.4. The number of nitrogens with zero attached hydrogens (tertiary/aromatic N) is 1. The average Bonchev–Trinajstić information content (AvgIpc) is 2.72. The molecular weight excluding hydrogens is 338 g/mol. The van der Waals surface area contributed by atoms with Gasteiger partial charge in [0.15, 0.2) is 5.78 Å². The monoisotopic (exact) mass is 359 g/mol. The van der Waals surface area contributed by atoms with Gasteiger partial charge in [-0.3, -0.25) is 14.9 Å². The predicted molar refractivity (Wildman–Crippen MR) is 107 cm³/mol. The van der Waals surface area contributed by atoms with Crippen LogP contribution in [0.5, 0.6) is 0 Å². The molecular formula is C23H21NO3. The van der Waals surface area contributed by atoms with E-state index in [1.807, 2.05) is 61.5 Å². The van der Waals surface area contributed by atoms with Crippen LogP contribution in [0.4, 0.5) is 5.69 Å². The summed E-state index contributed by atoms with van der Waals surface area (Å²) >= 11 is 0. The lowest BCUT2D eigenvalue weighted by molar-refractivity contribution is -0.385. The minimum atomic E-state index is -0.332. The molecule has 4 nitrogen and oxygen atoms in total. The molecule has 136 valence electrons. The summed E-state index contributed by atoms with van der Waals surface area (Å²) in [6.45, 7) is 1.84. The van der Waals surface area contributed by atoms with Gasteiger partial charge in [-0.2, -0.15) is 0 Å². The molecule has 0 unspecified atom stereocenters. The van der Waals surface area contributed by atoms with Gasteiger partial charge < -0.3 is 0 Å². The molecule has 3 aromatic carbocycles. The molecule has 0 amide bonds. The van der Waals surface area contributed by atoms with Gasteiger partial charge in [-0.25, -0.2) is 0 Å². The van der Waals surface area contributed by atoms with Crippen molar-refractivity contribution in [2.75, 3.05) is 0 Å². The Morgan fingerprint density at radius 3 is 2.33 bits per heavy atom. The van der Waals surface area contributed by atoms with Gasteiger partial charge in [0.25, 0.3) is 5.69 Å².